The average Bonchev–Trinajstić information content (AvgIpc) is 2.88. The number of anilines is 2. The molecule has 2 aromatic rings. The van der Waals surface area contributed by atoms with Gasteiger partial charge in [0.15, 0.2) is 0 Å². The molecule has 0 bridgehead atoms. The molecule has 0 aromatic heterocycles. The Bertz CT molecular complexity index is 1190. The van der Waals surface area contributed by atoms with E-state index in [1.165, 1.54) is 48.7 Å². The fourth-order valence-electron chi connectivity index (χ4n) is 5.27. The summed E-state index contributed by atoms with van der Waals surface area (Å²) in [6.07, 6.45) is 2.76. The minimum absolute atomic E-state index is 0.118. The van der Waals surface area contributed by atoms with E-state index in [0.29, 0.717) is 40.4 Å². The first kappa shape index (κ1) is 31.4. The minimum Gasteiger partial charge on any atom is -0.768 e. The summed E-state index contributed by atoms with van der Waals surface area (Å²) < 4.78 is 61.8. The number of nitrogen functional groups attached to an aromatic ring is 1. The Labute approximate surface area is 234 Å². The number of hydrogen-bond acceptors (Lipinski definition) is 8. The molecule has 0 aliphatic carbocycles. The topological polar surface area (TPSA) is 126 Å². The molecule has 5 atom stereocenters. The first-order valence-electron chi connectivity index (χ1n) is 13.1. The highest BCUT2D eigenvalue weighted by Crippen LogP contribution is 2.33. The zero-order valence-electron chi connectivity index (χ0n) is 23.3. The lowest BCUT2D eigenvalue weighted by molar-refractivity contribution is -0.0857. The summed E-state index contributed by atoms with van der Waals surface area (Å²) in [5.74, 6) is 0.434. The van der Waals surface area contributed by atoms with Gasteiger partial charge in [0.05, 0.1) is 28.5 Å². The molecule has 12 heteroatoms. The number of ether oxygens (including phenoxy) is 1. The molecule has 2 aliphatic rings. The fraction of sp³-hybridized carbons (Fsp3) is 0.556. The van der Waals surface area contributed by atoms with Crippen LogP contribution in [0.2, 0.25) is 0 Å². The third kappa shape index (κ3) is 7.99. The third-order valence-electron chi connectivity index (χ3n) is 7.43. The number of piperidine rings is 1. The Morgan fingerprint density at radius 3 is 2.18 bits per heavy atom. The molecule has 4 rings (SSSR count). The van der Waals surface area contributed by atoms with E-state index in [1.807, 2.05) is 0 Å². The molecule has 2 aliphatic heterocycles. The molecule has 0 spiro atoms. The largest absolute Gasteiger partial charge is 0.768 e. The fourth-order valence-corrected chi connectivity index (χ4v) is 6.55. The maximum absolute atomic E-state index is 14.1. The van der Waals surface area contributed by atoms with Gasteiger partial charge in [-0.15, -0.1) is 0 Å². The van der Waals surface area contributed by atoms with E-state index in [-0.39, 0.29) is 10.7 Å². The monoisotopic (exact) mass is 582 g/mol. The standard InChI is InChI=1S/C19H30FN3O.C8H12N2O3S2/c1-13-11-23(12-14(2)24-13)15(3)16-7-9-22(10-8-16)19-17(20)5-4-6-18(19)21;1-10(2)15(9,13)8-5-3-7(4-6-8)14(11)12/h4-6,13-16H,7-12,21H2,1-3H3;3-6,9H,1-2H3,(H,11,12)/p-1. The lowest BCUT2D eigenvalue weighted by Crippen LogP contribution is -2.52. The lowest BCUT2D eigenvalue weighted by Gasteiger charge is -2.44. The van der Waals surface area contributed by atoms with Crippen LogP contribution < -0.4 is 10.6 Å². The molecule has 2 saturated heterocycles. The van der Waals surface area contributed by atoms with E-state index in [9.17, 15) is 17.4 Å². The Kier molecular flexibility index (Phi) is 10.9. The van der Waals surface area contributed by atoms with Crippen LogP contribution in [-0.2, 0) is 25.7 Å². The highest BCUT2D eigenvalue weighted by Gasteiger charge is 2.32. The first-order chi connectivity index (χ1) is 18.3. The van der Waals surface area contributed by atoms with Gasteiger partial charge in [-0.25, -0.2) is 17.7 Å². The number of para-hydroxylation sites is 1. The summed E-state index contributed by atoms with van der Waals surface area (Å²) in [6.45, 7) is 10.4. The normalized spacial score (nSPS) is 23.9. The summed E-state index contributed by atoms with van der Waals surface area (Å²) in [4.78, 5) is 5.09. The van der Waals surface area contributed by atoms with Crippen LogP contribution in [0.1, 0.15) is 33.6 Å². The van der Waals surface area contributed by atoms with Crippen LogP contribution in [0, 0.1) is 16.5 Å². The van der Waals surface area contributed by atoms with E-state index in [1.54, 1.807) is 12.1 Å². The lowest BCUT2D eigenvalue weighted by atomic mass is 9.88. The van der Waals surface area contributed by atoms with Gasteiger partial charge in [0.1, 0.15) is 15.7 Å². The molecule has 3 N–H and O–H groups in total. The molecule has 9 nitrogen and oxygen atoms in total. The third-order valence-corrected chi connectivity index (χ3v) is 10.0. The van der Waals surface area contributed by atoms with Crippen molar-refractivity contribution >= 4 is 32.4 Å². The van der Waals surface area contributed by atoms with Crippen molar-refractivity contribution in [1.82, 2.24) is 9.21 Å². The molecule has 0 amide bonds. The van der Waals surface area contributed by atoms with Gasteiger partial charge < -0.3 is 19.9 Å². The van der Waals surface area contributed by atoms with Gasteiger partial charge in [0, 0.05) is 51.2 Å². The van der Waals surface area contributed by atoms with Crippen molar-refractivity contribution in [2.75, 3.05) is 50.9 Å². The highest BCUT2D eigenvalue weighted by molar-refractivity contribution is 7.90. The van der Waals surface area contributed by atoms with Gasteiger partial charge >= 0.3 is 0 Å². The number of nitrogens with two attached hydrogens (primary N) is 1. The van der Waals surface area contributed by atoms with Crippen LogP contribution >= 0.6 is 0 Å². The maximum Gasteiger partial charge on any atom is 0.148 e. The second kappa shape index (κ2) is 13.5. The summed E-state index contributed by atoms with van der Waals surface area (Å²) in [7, 11) is 0.0864. The van der Waals surface area contributed by atoms with E-state index in [0.717, 1.165) is 39.0 Å². The Balaban J connectivity index is 0.000000242. The van der Waals surface area contributed by atoms with Gasteiger partial charge in [-0.3, -0.25) is 9.11 Å². The summed E-state index contributed by atoms with van der Waals surface area (Å²) in [5, 5.41) is 0. The molecule has 39 heavy (non-hydrogen) atoms. The van der Waals surface area contributed by atoms with Gasteiger partial charge in [-0.1, -0.05) is 6.07 Å². The predicted octanol–water partition coefficient (Wildman–Crippen LogP) is 3.93. The number of morpholine rings is 1. The molecule has 0 saturated carbocycles. The van der Waals surface area contributed by atoms with E-state index < -0.39 is 21.0 Å². The van der Waals surface area contributed by atoms with Crippen molar-refractivity contribution in [2.45, 2.75) is 61.7 Å². The summed E-state index contributed by atoms with van der Waals surface area (Å²) >= 11 is -2.29. The number of benzene rings is 2. The highest BCUT2D eigenvalue weighted by atomic mass is 32.2. The van der Waals surface area contributed by atoms with Crippen LogP contribution in [0.3, 0.4) is 0 Å². The van der Waals surface area contributed by atoms with Gasteiger partial charge in [-0.05, 0) is 87.0 Å². The first-order valence-corrected chi connectivity index (χ1v) is 15.7. The van der Waals surface area contributed by atoms with Crippen molar-refractivity contribution in [3.05, 3.63) is 48.3 Å². The molecule has 5 unspecified atom stereocenters. The van der Waals surface area contributed by atoms with Crippen LogP contribution in [0.4, 0.5) is 15.8 Å². The van der Waals surface area contributed by atoms with Crippen molar-refractivity contribution in [1.29, 1.82) is 4.78 Å². The van der Waals surface area contributed by atoms with Crippen LogP contribution in [0.15, 0.2) is 52.3 Å². The van der Waals surface area contributed by atoms with Crippen molar-refractivity contribution in [3.63, 3.8) is 0 Å². The summed E-state index contributed by atoms with van der Waals surface area (Å²) in [5.41, 5.74) is 7.11. The number of halogens is 1. The average molecular weight is 583 g/mol. The number of nitrogens with zero attached hydrogens (tertiary/aromatic N) is 3. The Morgan fingerprint density at radius 1 is 1.13 bits per heavy atom. The van der Waals surface area contributed by atoms with Gasteiger partial charge in [0.25, 0.3) is 0 Å². The second-order valence-electron chi connectivity index (χ2n) is 10.5. The number of rotatable bonds is 6. The van der Waals surface area contributed by atoms with Crippen molar-refractivity contribution in [2.24, 2.45) is 5.92 Å². The minimum atomic E-state index is -2.99. The van der Waals surface area contributed by atoms with Crippen molar-refractivity contribution in [3.8, 4) is 0 Å². The predicted molar refractivity (Wildman–Crippen MR) is 153 cm³/mol. The van der Waals surface area contributed by atoms with E-state index >= 15 is 0 Å². The quantitative estimate of drug-likeness (QED) is 0.390. The van der Waals surface area contributed by atoms with E-state index in [2.05, 4.69) is 30.6 Å². The molecule has 2 aromatic carbocycles. The smallest absolute Gasteiger partial charge is 0.148 e. The van der Waals surface area contributed by atoms with Crippen LogP contribution in [-0.4, -0.2) is 80.7 Å². The SMILES string of the molecule is CC1CN(C(C)C2CCN(c3c(N)cccc3F)CC2)CC(C)O1.CN(C)S(=N)(=O)c1ccc(S(=O)[O-])cc1. The number of hydrogen-bond donors (Lipinski definition) is 2. The molecule has 2 fully saturated rings. The molecule has 218 valence electrons. The summed E-state index contributed by atoms with van der Waals surface area (Å²) in [6, 6.07) is 10.9. The second-order valence-corrected chi connectivity index (χ2v) is 13.7. The van der Waals surface area contributed by atoms with Gasteiger partial charge in [-0.2, -0.15) is 0 Å². The molecular weight excluding hydrogens is 541 g/mol. The molecule has 2 heterocycles. The Morgan fingerprint density at radius 2 is 1.69 bits per heavy atom. The van der Waals surface area contributed by atoms with Gasteiger partial charge in [0.2, 0.25) is 0 Å². The number of nitrogens with one attached hydrogen (secondary N) is 1. The molecule has 0 radical (unpaired) electrons. The van der Waals surface area contributed by atoms with Crippen molar-refractivity contribution < 1.29 is 22.1 Å². The van der Waals surface area contributed by atoms with E-state index in [4.69, 9.17) is 15.3 Å². The van der Waals surface area contributed by atoms with Crippen LogP contribution in [0.5, 0.6) is 0 Å². The zero-order chi connectivity index (χ0) is 28.9. The molecular formula is C27H41FN5O4S2-. The van der Waals surface area contributed by atoms with Crippen LogP contribution in [0.25, 0.3) is 0 Å². The maximum atomic E-state index is 14.1. The zero-order valence-corrected chi connectivity index (χ0v) is 25.0. The Hall–Kier alpha value is -2.09.